The fraction of sp³-hybridized carbons (Fsp3) is 0.375. The van der Waals surface area contributed by atoms with Gasteiger partial charge in [0.2, 0.25) is 0 Å². The molecule has 0 aliphatic carbocycles. The molecule has 0 N–H and O–H groups in total. The molecule has 2 aliphatic heterocycles. The van der Waals surface area contributed by atoms with Gasteiger partial charge in [-0.2, -0.15) is 0 Å². The van der Waals surface area contributed by atoms with E-state index >= 15 is 0 Å². The van der Waals surface area contributed by atoms with E-state index < -0.39 is 108 Å². The molecule has 5 aromatic rings. The highest BCUT2D eigenvalue weighted by Gasteiger charge is 2.56. The summed E-state index contributed by atoms with van der Waals surface area (Å²) in [6.07, 6.45) is -12.7. The van der Waals surface area contributed by atoms with Gasteiger partial charge < -0.3 is 47.4 Å². The predicted molar refractivity (Wildman–Crippen MR) is 275 cm³/mol. The van der Waals surface area contributed by atoms with Crippen molar-refractivity contribution in [3.05, 3.63) is 179 Å². The molecule has 2 aliphatic rings. The molecule has 73 heavy (non-hydrogen) atoms. The van der Waals surface area contributed by atoms with E-state index in [0.717, 1.165) is 12.1 Å². The summed E-state index contributed by atoms with van der Waals surface area (Å²) < 4.78 is 64.2. The van der Waals surface area contributed by atoms with Crippen LogP contribution in [0.25, 0.3) is 0 Å². The zero-order chi connectivity index (χ0) is 52.0. The summed E-state index contributed by atoms with van der Waals surface area (Å²) in [5, 5.41) is 0. The summed E-state index contributed by atoms with van der Waals surface area (Å²) in [4.78, 5) is 70.3. The minimum atomic E-state index is -1.73. The molecule has 9 atom stereocenters. The fourth-order valence-electron chi connectivity index (χ4n) is 7.89. The molecule has 0 spiro atoms. The van der Waals surface area contributed by atoms with E-state index in [1.165, 1.54) is 36.4 Å². The van der Waals surface area contributed by atoms with Gasteiger partial charge in [-0.25, -0.2) is 24.0 Å². The highest BCUT2D eigenvalue weighted by molar-refractivity contribution is 6.76. The molecule has 2 saturated heterocycles. The Kier molecular flexibility index (Phi) is 19.1. The third-order valence-electron chi connectivity index (χ3n) is 12.0. The van der Waals surface area contributed by atoms with E-state index in [-0.39, 0.29) is 41.0 Å². The van der Waals surface area contributed by atoms with Crippen LogP contribution in [0.5, 0.6) is 0 Å². The van der Waals surface area contributed by atoms with Crippen molar-refractivity contribution in [1.29, 1.82) is 0 Å². The number of hydrogen-bond donors (Lipinski definition) is 0. The Balaban J connectivity index is 1.32. The molecule has 0 unspecified atom stereocenters. The topological polar surface area (TPSA) is 178 Å². The van der Waals surface area contributed by atoms with Crippen LogP contribution in [-0.2, 0) is 47.4 Å². The van der Waals surface area contributed by atoms with Crippen LogP contribution in [0.4, 0.5) is 0 Å². The number of benzene rings is 5. The van der Waals surface area contributed by atoms with Crippen LogP contribution >= 0.6 is 0 Å². The zero-order valence-electron chi connectivity index (χ0n) is 42.0. The largest absolute Gasteiger partial charge is 0.459 e. The van der Waals surface area contributed by atoms with Gasteiger partial charge in [-0.15, -0.1) is 0 Å². The number of rotatable bonds is 21. The normalized spacial score (nSPS) is 23.1. The lowest BCUT2D eigenvalue weighted by atomic mass is 9.97. The molecule has 2 heterocycles. The number of carbonyl (C=O) groups is 5. The minimum Gasteiger partial charge on any atom is -0.459 e. The van der Waals surface area contributed by atoms with E-state index in [2.05, 4.69) is 39.3 Å². The van der Waals surface area contributed by atoms with E-state index in [0.29, 0.717) is 6.61 Å². The lowest BCUT2D eigenvalue weighted by Gasteiger charge is -2.47. The number of ether oxygens (including phenoxy) is 10. The zero-order valence-corrected chi connectivity index (χ0v) is 44.0. The predicted octanol–water partition coefficient (Wildman–Crippen LogP) is 9.29. The van der Waals surface area contributed by atoms with E-state index in [4.69, 9.17) is 47.4 Å². The first-order valence-electron chi connectivity index (χ1n) is 24.4. The molecule has 7 rings (SSSR count). The molecular formula is C56H64O15Si2. The van der Waals surface area contributed by atoms with Gasteiger partial charge in [0.1, 0.15) is 24.9 Å². The molecule has 0 radical (unpaired) electrons. The van der Waals surface area contributed by atoms with Crippen molar-refractivity contribution < 1.29 is 71.3 Å². The molecule has 0 aromatic heterocycles. The molecular weight excluding hydrogens is 969 g/mol. The second kappa shape index (κ2) is 25.6. The van der Waals surface area contributed by atoms with Gasteiger partial charge in [-0.05, 0) is 72.8 Å². The molecule has 0 saturated carbocycles. The van der Waals surface area contributed by atoms with Crippen LogP contribution in [0.3, 0.4) is 0 Å². The number of hydrogen-bond acceptors (Lipinski definition) is 15. The lowest BCUT2D eigenvalue weighted by molar-refractivity contribution is -0.343. The molecule has 0 bridgehead atoms. The molecule has 15 nitrogen and oxygen atoms in total. The average Bonchev–Trinajstić information content (AvgIpc) is 3.39. The molecule has 17 heteroatoms. The Hall–Kier alpha value is -6.32. The van der Waals surface area contributed by atoms with Crippen molar-refractivity contribution in [2.75, 3.05) is 26.4 Å². The van der Waals surface area contributed by atoms with Crippen LogP contribution in [0.15, 0.2) is 152 Å². The van der Waals surface area contributed by atoms with E-state index in [1.807, 2.05) is 0 Å². The summed E-state index contributed by atoms with van der Waals surface area (Å²) in [6.45, 7) is 13.0. The van der Waals surface area contributed by atoms with Crippen LogP contribution in [-0.4, -0.2) is 128 Å². The summed E-state index contributed by atoms with van der Waals surface area (Å²) in [5.74, 6) is -3.97. The Morgan fingerprint density at radius 1 is 0.438 bits per heavy atom. The highest BCUT2D eigenvalue weighted by Crippen LogP contribution is 2.35. The van der Waals surface area contributed by atoms with E-state index in [1.54, 1.807) is 115 Å². The molecule has 0 amide bonds. The van der Waals surface area contributed by atoms with Crippen molar-refractivity contribution >= 4 is 46.0 Å². The van der Waals surface area contributed by atoms with Crippen LogP contribution in [0, 0.1) is 0 Å². The first-order chi connectivity index (χ1) is 35.0. The molecule has 5 aromatic carbocycles. The third kappa shape index (κ3) is 15.8. The number of carbonyl (C=O) groups excluding carboxylic acids is 5. The highest BCUT2D eigenvalue weighted by atomic mass is 28.3. The van der Waals surface area contributed by atoms with Crippen molar-refractivity contribution in [1.82, 2.24) is 0 Å². The van der Waals surface area contributed by atoms with Crippen LogP contribution in [0.1, 0.15) is 51.8 Å². The molecule has 2 fully saturated rings. The third-order valence-corrected chi connectivity index (χ3v) is 15.4. The van der Waals surface area contributed by atoms with Gasteiger partial charge in [0.05, 0.1) is 34.4 Å². The van der Waals surface area contributed by atoms with Gasteiger partial charge in [-0.1, -0.05) is 130 Å². The summed E-state index contributed by atoms with van der Waals surface area (Å²) in [6, 6.07) is 42.5. The van der Waals surface area contributed by atoms with Gasteiger partial charge in [0, 0.05) is 29.4 Å². The Labute approximate surface area is 428 Å². The monoisotopic (exact) mass is 1030 g/mol. The van der Waals surface area contributed by atoms with E-state index in [9.17, 15) is 24.0 Å². The second-order valence-corrected chi connectivity index (χ2v) is 31.4. The smallest absolute Gasteiger partial charge is 0.338 e. The second-order valence-electron chi connectivity index (χ2n) is 20.2. The minimum absolute atomic E-state index is 0.125. The van der Waals surface area contributed by atoms with Crippen molar-refractivity contribution in [2.45, 2.75) is 107 Å². The maximum Gasteiger partial charge on any atom is 0.338 e. The van der Waals surface area contributed by atoms with Crippen molar-refractivity contribution in [3.8, 4) is 0 Å². The fourth-order valence-corrected chi connectivity index (χ4v) is 9.35. The van der Waals surface area contributed by atoms with Gasteiger partial charge in [0.25, 0.3) is 0 Å². The quantitative estimate of drug-likeness (QED) is 0.0386. The summed E-state index contributed by atoms with van der Waals surface area (Å²) in [5.41, 5.74) is 0.900. The Morgan fingerprint density at radius 2 is 0.795 bits per heavy atom. The SMILES string of the molecule is C[Si](C)(C)CCO[C@H]1OC[C@@H](O[C@@H]2O[C@H](COC(=O)c3ccccc3)[C@H](OC(=O)c3ccccc3)[C@H](OC(=O)c3ccccc3)[C@H]2OC(=O)c2ccccc2)[C@H](OCC[Si](C)(C)C)[C@H]1OC(=O)c1ccccc1. The average molecular weight is 1030 g/mol. The summed E-state index contributed by atoms with van der Waals surface area (Å²) in [7, 11) is -3.34. The Morgan fingerprint density at radius 3 is 1.21 bits per heavy atom. The van der Waals surface area contributed by atoms with Crippen LogP contribution < -0.4 is 0 Å². The van der Waals surface area contributed by atoms with Gasteiger partial charge in [-0.3, -0.25) is 0 Å². The van der Waals surface area contributed by atoms with Gasteiger partial charge in [0.15, 0.2) is 37.0 Å². The maximum atomic E-state index is 14.3. The summed E-state index contributed by atoms with van der Waals surface area (Å²) >= 11 is 0. The van der Waals surface area contributed by atoms with Crippen LogP contribution in [0.2, 0.25) is 51.4 Å². The number of esters is 5. The van der Waals surface area contributed by atoms with Gasteiger partial charge >= 0.3 is 29.8 Å². The van der Waals surface area contributed by atoms with Crippen molar-refractivity contribution in [3.63, 3.8) is 0 Å². The Bertz CT molecular complexity index is 2560. The molecule has 386 valence electrons. The first kappa shape index (κ1) is 54.5. The van der Waals surface area contributed by atoms with Crippen molar-refractivity contribution in [2.24, 2.45) is 0 Å². The maximum absolute atomic E-state index is 14.3. The first-order valence-corrected chi connectivity index (χ1v) is 31.9. The lowest BCUT2D eigenvalue weighted by Crippen LogP contribution is -2.65. The standard InChI is InChI=1S/C56H64O15Si2/c1-72(2,3)34-32-62-45-43(37-65-55(63-33-35-73(4,5)6)48(45)70-53(60)41-28-18-10-19-29-41)66-56-49(71-54(61)42-30-20-11-21-31-42)47(69-52(59)40-26-16-9-17-27-40)46(68-51(58)39-24-14-8-15-25-39)44(67-56)36-64-50(57)38-22-12-7-13-23-38/h7-31,43-49,55-56H,32-37H2,1-6H3/t43-,44-,45+,46+,47+,48-,49-,55+,56-/m1/s1.